The Morgan fingerprint density at radius 1 is 1.27 bits per heavy atom. The van der Waals surface area contributed by atoms with Crippen LogP contribution in [-0.4, -0.2) is 27.5 Å². The summed E-state index contributed by atoms with van der Waals surface area (Å²) in [4.78, 5) is 0.139. The van der Waals surface area contributed by atoms with Gasteiger partial charge in [0.2, 0.25) is 10.0 Å². The molecule has 4 N–H and O–H groups in total. The maximum Gasteiger partial charge on any atom is 0.238 e. The second-order valence-electron chi connectivity index (χ2n) is 3.57. The average Bonchev–Trinajstić information content (AvgIpc) is 2.11. The fraction of sp³-hybridized carbons (Fsp3) is 0.333. The topological polar surface area (TPSA) is 84.2 Å². The number of nitrogens with two attached hydrogens (primary N) is 1. The molecule has 1 fully saturated rings. The van der Waals surface area contributed by atoms with Gasteiger partial charge in [-0.05, 0) is 24.3 Å². The van der Waals surface area contributed by atoms with Crippen molar-refractivity contribution in [2.45, 2.75) is 10.9 Å². The maximum absolute atomic E-state index is 11.0. The molecule has 0 radical (unpaired) electrons. The van der Waals surface area contributed by atoms with Crippen LogP contribution in [0.3, 0.4) is 0 Å². The minimum atomic E-state index is -3.58. The third-order valence-corrected chi connectivity index (χ3v) is 3.26. The van der Waals surface area contributed by atoms with E-state index in [1.807, 2.05) is 0 Å². The standard InChI is InChI=1S/C9H13N3O2S/c10-15(13,14)9-3-1-7(2-4-9)12-8-5-11-6-8/h1-4,8,11-12H,5-6H2,(H2,10,13,14). The van der Waals surface area contributed by atoms with Crippen LogP contribution >= 0.6 is 0 Å². The molecule has 0 aliphatic carbocycles. The third kappa shape index (κ3) is 2.47. The van der Waals surface area contributed by atoms with Crippen molar-refractivity contribution in [1.82, 2.24) is 5.32 Å². The van der Waals surface area contributed by atoms with Crippen molar-refractivity contribution < 1.29 is 8.42 Å². The van der Waals surface area contributed by atoms with Crippen LogP contribution in [0.25, 0.3) is 0 Å². The Kier molecular flexibility index (Phi) is 2.64. The van der Waals surface area contributed by atoms with Gasteiger partial charge in [-0.15, -0.1) is 0 Å². The molecule has 82 valence electrons. The minimum Gasteiger partial charge on any atom is -0.380 e. The lowest BCUT2D eigenvalue weighted by atomic mass is 10.1. The van der Waals surface area contributed by atoms with Crippen LogP contribution in [0.5, 0.6) is 0 Å². The first-order valence-corrected chi connectivity index (χ1v) is 6.20. The number of hydrogen-bond acceptors (Lipinski definition) is 4. The molecule has 1 aromatic rings. The molecule has 1 aliphatic rings. The zero-order valence-corrected chi connectivity index (χ0v) is 8.92. The zero-order valence-electron chi connectivity index (χ0n) is 8.10. The second kappa shape index (κ2) is 3.80. The van der Waals surface area contributed by atoms with Gasteiger partial charge in [0.05, 0.1) is 10.9 Å². The number of nitrogens with one attached hydrogen (secondary N) is 2. The number of rotatable bonds is 3. The van der Waals surface area contributed by atoms with Crippen molar-refractivity contribution in [3.8, 4) is 0 Å². The molecule has 1 heterocycles. The lowest BCUT2D eigenvalue weighted by Crippen LogP contribution is -2.51. The van der Waals surface area contributed by atoms with Crippen molar-refractivity contribution in [3.05, 3.63) is 24.3 Å². The summed E-state index contributed by atoms with van der Waals surface area (Å²) in [5.74, 6) is 0. The number of anilines is 1. The van der Waals surface area contributed by atoms with Crippen LogP contribution in [0.15, 0.2) is 29.2 Å². The Bertz CT molecular complexity index is 437. The molecule has 6 heteroatoms. The molecule has 0 atom stereocenters. The summed E-state index contributed by atoms with van der Waals surface area (Å²) >= 11 is 0. The van der Waals surface area contributed by atoms with E-state index in [0.717, 1.165) is 18.8 Å². The molecule has 0 bridgehead atoms. The Hall–Kier alpha value is -1.11. The zero-order chi connectivity index (χ0) is 10.9. The molecular weight excluding hydrogens is 214 g/mol. The van der Waals surface area contributed by atoms with E-state index in [-0.39, 0.29) is 4.90 Å². The highest BCUT2D eigenvalue weighted by atomic mass is 32.2. The highest BCUT2D eigenvalue weighted by Gasteiger charge is 2.16. The lowest BCUT2D eigenvalue weighted by Gasteiger charge is -2.28. The van der Waals surface area contributed by atoms with Gasteiger partial charge < -0.3 is 10.6 Å². The smallest absolute Gasteiger partial charge is 0.238 e. The summed E-state index contributed by atoms with van der Waals surface area (Å²) in [5, 5.41) is 11.4. The number of hydrogen-bond donors (Lipinski definition) is 3. The second-order valence-corrected chi connectivity index (χ2v) is 5.13. The number of sulfonamides is 1. The van der Waals surface area contributed by atoms with Crippen LogP contribution in [0.4, 0.5) is 5.69 Å². The van der Waals surface area contributed by atoms with Crippen molar-refractivity contribution in [2.24, 2.45) is 5.14 Å². The van der Waals surface area contributed by atoms with Gasteiger partial charge >= 0.3 is 0 Å². The minimum absolute atomic E-state index is 0.139. The van der Waals surface area contributed by atoms with E-state index >= 15 is 0 Å². The van der Waals surface area contributed by atoms with Gasteiger partial charge in [-0.3, -0.25) is 0 Å². The van der Waals surface area contributed by atoms with Gasteiger partial charge in [0.25, 0.3) is 0 Å². The molecule has 0 saturated carbocycles. The Labute approximate surface area is 88.7 Å². The molecule has 0 aromatic heterocycles. The van der Waals surface area contributed by atoms with Gasteiger partial charge in [0.1, 0.15) is 0 Å². The van der Waals surface area contributed by atoms with Gasteiger partial charge in [-0.1, -0.05) is 0 Å². The van der Waals surface area contributed by atoms with Crippen LogP contribution < -0.4 is 15.8 Å². The molecule has 0 spiro atoms. The number of primary sulfonamides is 1. The van der Waals surface area contributed by atoms with Gasteiger partial charge in [0, 0.05) is 18.8 Å². The van der Waals surface area contributed by atoms with E-state index in [1.165, 1.54) is 12.1 Å². The molecule has 0 unspecified atom stereocenters. The van der Waals surface area contributed by atoms with Crippen LogP contribution in [-0.2, 0) is 10.0 Å². The van der Waals surface area contributed by atoms with Crippen molar-refractivity contribution >= 4 is 15.7 Å². The van der Waals surface area contributed by atoms with Gasteiger partial charge in [-0.25, -0.2) is 13.6 Å². The average molecular weight is 227 g/mol. The first kappa shape index (κ1) is 10.4. The number of benzene rings is 1. The van der Waals surface area contributed by atoms with Crippen molar-refractivity contribution in [1.29, 1.82) is 0 Å². The Morgan fingerprint density at radius 2 is 1.87 bits per heavy atom. The van der Waals surface area contributed by atoms with E-state index in [0.29, 0.717) is 6.04 Å². The highest BCUT2D eigenvalue weighted by molar-refractivity contribution is 7.89. The predicted molar refractivity (Wildman–Crippen MR) is 58.1 cm³/mol. The first-order valence-electron chi connectivity index (χ1n) is 4.66. The predicted octanol–water partition coefficient (Wildman–Crippen LogP) is -0.282. The monoisotopic (exact) mass is 227 g/mol. The summed E-state index contributed by atoms with van der Waals surface area (Å²) in [6.45, 7) is 1.88. The molecule has 0 amide bonds. The molecule has 1 aromatic carbocycles. The van der Waals surface area contributed by atoms with E-state index in [2.05, 4.69) is 10.6 Å². The normalized spacial score (nSPS) is 17.1. The van der Waals surface area contributed by atoms with Gasteiger partial charge in [0.15, 0.2) is 0 Å². The van der Waals surface area contributed by atoms with E-state index in [4.69, 9.17) is 5.14 Å². The summed E-state index contributed by atoms with van der Waals surface area (Å²) in [6.07, 6.45) is 0. The Balaban J connectivity index is 2.09. The SMILES string of the molecule is NS(=O)(=O)c1ccc(NC2CNC2)cc1. The third-order valence-electron chi connectivity index (χ3n) is 2.34. The summed E-state index contributed by atoms with van der Waals surface area (Å²) in [6, 6.07) is 6.88. The van der Waals surface area contributed by atoms with Crippen LogP contribution in [0.2, 0.25) is 0 Å². The maximum atomic E-state index is 11.0. The summed E-state index contributed by atoms with van der Waals surface area (Å²) in [7, 11) is -3.58. The fourth-order valence-electron chi connectivity index (χ4n) is 1.37. The molecule has 1 saturated heterocycles. The summed E-state index contributed by atoms with van der Waals surface area (Å²) in [5.41, 5.74) is 0.911. The molecular formula is C9H13N3O2S. The van der Waals surface area contributed by atoms with Crippen molar-refractivity contribution in [2.75, 3.05) is 18.4 Å². The summed E-state index contributed by atoms with van der Waals surface area (Å²) < 4.78 is 22.0. The Morgan fingerprint density at radius 3 is 2.27 bits per heavy atom. The van der Waals surface area contributed by atoms with E-state index < -0.39 is 10.0 Å². The lowest BCUT2D eigenvalue weighted by molar-refractivity contribution is 0.472. The molecule has 1 aliphatic heterocycles. The highest BCUT2D eigenvalue weighted by Crippen LogP contribution is 2.14. The van der Waals surface area contributed by atoms with Gasteiger partial charge in [-0.2, -0.15) is 0 Å². The first-order chi connectivity index (χ1) is 7.05. The largest absolute Gasteiger partial charge is 0.380 e. The quantitative estimate of drug-likeness (QED) is 0.663. The molecule has 5 nitrogen and oxygen atoms in total. The fourth-order valence-corrected chi connectivity index (χ4v) is 1.88. The molecule has 15 heavy (non-hydrogen) atoms. The molecule has 2 rings (SSSR count). The van der Waals surface area contributed by atoms with Crippen LogP contribution in [0, 0.1) is 0 Å². The van der Waals surface area contributed by atoms with E-state index in [1.54, 1.807) is 12.1 Å². The van der Waals surface area contributed by atoms with E-state index in [9.17, 15) is 8.42 Å². The van der Waals surface area contributed by atoms with Crippen LogP contribution in [0.1, 0.15) is 0 Å². The van der Waals surface area contributed by atoms with Crippen molar-refractivity contribution in [3.63, 3.8) is 0 Å².